The van der Waals surface area contributed by atoms with Crippen molar-refractivity contribution in [3.8, 4) is 0 Å². The van der Waals surface area contributed by atoms with E-state index < -0.39 is 0 Å². The molecule has 0 atom stereocenters. The first-order valence-corrected chi connectivity index (χ1v) is 5.60. The van der Waals surface area contributed by atoms with Crippen LogP contribution in [0.25, 0.3) is 0 Å². The molecule has 0 unspecified atom stereocenters. The molecule has 2 heterocycles. The number of rotatable bonds is 2. The molecule has 1 fully saturated rings. The zero-order chi connectivity index (χ0) is 11.9. The van der Waals surface area contributed by atoms with Gasteiger partial charge >= 0.3 is 0 Å². The quantitative estimate of drug-likeness (QED) is 0.819. The third-order valence-electron chi connectivity index (χ3n) is 3.35. The van der Waals surface area contributed by atoms with Crippen LogP contribution in [-0.4, -0.2) is 30.4 Å². The highest BCUT2D eigenvalue weighted by Crippen LogP contribution is 2.25. The molecule has 0 bridgehead atoms. The predicted octanol–water partition coefficient (Wildman–Crippen LogP) is 1.24. The maximum atomic E-state index is 12.2. The Kier molecular flexibility index (Phi) is 2.76. The van der Waals surface area contributed by atoms with E-state index in [1.54, 1.807) is 0 Å². The Morgan fingerprint density at radius 2 is 2.00 bits per heavy atom. The van der Waals surface area contributed by atoms with Gasteiger partial charge < -0.3 is 15.1 Å². The lowest BCUT2D eigenvalue weighted by atomic mass is 9.98. The molecule has 4 heteroatoms. The van der Waals surface area contributed by atoms with Crippen molar-refractivity contribution in [1.82, 2.24) is 4.90 Å². The number of nitrogens with two attached hydrogens (primary N) is 1. The summed E-state index contributed by atoms with van der Waals surface area (Å²) in [5.74, 6) is 2.10. The van der Waals surface area contributed by atoms with Crippen molar-refractivity contribution in [2.75, 3.05) is 19.6 Å². The van der Waals surface area contributed by atoms with E-state index >= 15 is 0 Å². The van der Waals surface area contributed by atoms with Crippen molar-refractivity contribution in [2.24, 2.45) is 11.7 Å². The Bertz CT molecular complexity index is 417. The van der Waals surface area contributed by atoms with Crippen molar-refractivity contribution in [3.63, 3.8) is 0 Å². The van der Waals surface area contributed by atoms with Crippen LogP contribution < -0.4 is 5.73 Å². The fourth-order valence-electron chi connectivity index (χ4n) is 2.15. The Balaban J connectivity index is 2.16. The minimum absolute atomic E-state index is 0.0801. The molecule has 0 aliphatic carbocycles. The summed E-state index contributed by atoms with van der Waals surface area (Å²) in [5.41, 5.74) is 7.23. The zero-order valence-electron chi connectivity index (χ0n) is 10.0. The highest BCUT2D eigenvalue weighted by atomic mass is 16.3. The summed E-state index contributed by atoms with van der Waals surface area (Å²) in [6.45, 7) is 7.87. The second-order valence-electron chi connectivity index (χ2n) is 4.53. The lowest BCUT2D eigenvalue weighted by molar-refractivity contribution is 0.0513. The van der Waals surface area contributed by atoms with Gasteiger partial charge in [0.15, 0.2) is 0 Å². The van der Waals surface area contributed by atoms with Crippen molar-refractivity contribution in [3.05, 3.63) is 22.6 Å². The molecule has 0 saturated carbocycles. The highest BCUT2D eigenvalue weighted by molar-refractivity contribution is 5.97. The van der Waals surface area contributed by atoms with Gasteiger partial charge in [-0.2, -0.15) is 0 Å². The summed E-state index contributed by atoms with van der Waals surface area (Å²) in [5, 5.41) is 0. The Morgan fingerprint density at radius 1 is 1.38 bits per heavy atom. The van der Waals surface area contributed by atoms with Gasteiger partial charge in [0.25, 0.3) is 5.91 Å². The number of likely N-dealkylation sites (tertiary alicyclic amines) is 1. The third kappa shape index (κ3) is 1.63. The number of aryl methyl sites for hydroxylation is 2. The van der Waals surface area contributed by atoms with Crippen LogP contribution in [0, 0.1) is 26.7 Å². The van der Waals surface area contributed by atoms with Crippen molar-refractivity contribution >= 4 is 5.91 Å². The number of carbonyl (C=O) groups excluding carboxylic acids is 1. The molecule has 0 spiro atoms. The first kappa shape index (κ1) is 11.2. The number of amides is 1. The summed E-state index contributed by atoms with van der Waals surface area (Å²) in [7, 11) is 0. The molecule has 2 rings (SSSR count). The first-order chi connectivity index (χ1) is 7.54. The normalized spacial score (nSPS) is 16.4. The van der Waals surface area contributed by atoms with Crippen LogP contribution in [0.4, 0.5) is 0 Å². The van der Waals surface area contributed by atoms with E-state index in [4.69, 9.17) is 10.2 Å². The zero-order valence-corrected chi connectivity index (χ0v) is 10.0. The second-order valence-corrected chi connectivity index (χ2v) is 4.53. The van der Waals surface area contributed by atoms with Crippen LogP contribution in [0.5, 0.6) is 0 Å². The lowest BCUT2D eigenvalue weighted by Crippen LogP contribution is -2.52. The summed E-state index contributed by atoms with van der Waals surface area (Å²) in [4.78, 5) is 14.0. The van der Waals surface area contributed by atoms with E-state index in [0.717, 1.165) is 35.7 Å². The number of carbonyl (C=O) groups is 1. The summed E-state index contributed by atoms with van der Waals surface area (Å²) >= 11 is 0. The molecule has 4 nitrogen and oxygen atoms in total. The van der Waals surface area contributed by atoms with Gasteiger partial charge in [0.05, 0.1) is 5.56 Å². The van der Waals surface area contributed by atoms with E-state index in [1.807, 2.05) is 25.7 Å². The molecular weight excluding hydrogens is 204 g/mol. The lowest BCUT2D eigenvalue weighted by Gasteiger charge is -2.38. The SMILES string of the molecule is Cc1oc(C)c(C(=O)N2CC(CN)C2)c1C. The van der Waals surface area contributed by atoms with Crippen LogP contribution in [0.2, 0.25) is 0 Å². The molecule has 1 aliphatic rings. The van der Waals surface area contributed by atoms with Crippen molar-refractivity contribution in [2.45, 2.75) is 20.8 Å². The minimum Gasteiger partial charge on any atom is -0.466 e. The van der Waals surface area contributed by atoms with Crippen LogP contribution in [0.15, 0.2) is 4.42 Å². The van der Waals surface area contributed by atoms with Gasteiger partial charge in [-0.3, -0.25) is 4.79 Å². The molecular formula is C12H18N2O2. The number of furan rings is 1. The maximum Gasteiger partial charge on any atom is 0.257 e. The standard InChI is InChI=1S/C12H18N2O2/c1-7-8(2)16-9(3)11(7)12(15)14-5-10(4-13)6-14/h10H,4-6,13H2,1-3H3. The molecule has 1 saturated heterocycles. The molecule has 1 aromatic heterocycles. The topological polar surface area (TPSA) is 59.5 Å². The van der Waals surface area contributed by atoms with Crippen LogP contribution in [0.1, 0.15) is 27.4 Å². The molecule has 2 N–H and O–H groups in total. The van der Waals surface area contributed by atoms with Crippen LogP contribution in [0.3, 0.4) is 0 Å². The van der Waals surface area contributed by atoms with Gasteiger partial charge in [-0.15, -0.1) is 0 Å². The van der Waals surface area contributed by atoms with Crippen LogP contribution >= 0.6 is 0 Å². The van der Waals surface area contributed by atoms with E-state index in [1.165, 1.54) is 0 Å². The van der Waals surface area contributed by atoms with Gasteiger partial charge in [0, 0.05) is 24.6 Å². The van der Waals surface area contributed by atoms with Crippen LogP contribution in [-0.2, 0) is 0 Å². The molecule has 0 radical (unpaired) electrons. The largest absolute Gasteiger partial charge is 0.466 e. The molecule has 1 aromatic rings. The second kappa shape index (κ2) is 3.94. The smallest absolute Gasteiger partial charge is 0.257 e. The Hall–Kier alpha value is -1.29. The van der Waals surface area contributed by atoms with Gasteiger partial charge in [-0.25, -0.2) is 0 Å². The minimum atomic E-state index is 0.0801. The predicted molar refractivity (Wildman–Crippen MR) is 61.4 cm³/mol. The molecule has 88 valence electrons. The molecule has 16 heavy (non-hydrogen) atoms. The average molecular weight is 222 g/mol. The Labute approximate surface area is 95.4 Å². The van der Waals surface area contributed by atoms with Crippen molar-refractivity contribution in [1.29, 1.82) is 0 Å². The highest BCUT2D eigenvalue weighted by Gasteiger charge is 2.32. The Morgan fingerprint density at radius 3 is 2.44 bits per heavy atom. The fraction of sp³-hybridized carbons (Fsp3) is 0.583. The van der Waals surface area contributed by atoms with Gasteiger partial charge in [0.2, 0.25) is 0 Å². The molecule has 1 amide bonds. The monoisotopic (exact) mass is 222 g/mol. The number of hydrogen-bond acceptors (Lipinski definition) is 3. The van der Waals surface area contributed by atoms with Gasteiger partial charge in [0.1, 0.15) is 11.5 Å². The van der Waals surface area contributed by atoms with Gasteiger partial charge in [-0.1, -0.05) is 0 Å². The average Bonchev–Trinajstić information content (AvgIpc) is 2.39. The number of nitrogens with zero attached hydrogens (tertiary/aromatic N) is 1. The van der Waals surface area contributed by atoms with E-state index in [2.05, 4.69) is 0 Å². The third-order valence-corrected chi connectivity index (χ3v) is 3.35. The van der Waals surface area contributed by atoms with E-state index in [-0.39, 0.29) is 5.91 Å². The summed E-state index contributed by atoms with van der Waals surface area (Å²) < 4.78 is 5.47. The number of hydrogen-bond donors (Lipinski definition) is 1. The maximum absolute atomic E-state index is 12.2. The molecule has 1 aliphatic heterocycles. The van der Waals surface area contributed by atoms with Gasteiger partial charge in [-0.05, 0) is 27.3 Å². The summed E-state index contributed by atoms with van der Waals surface area (Å²) in [6, 6.07) is 0. The fourth-order valence-corrected chi connectivity index (χ4v) is 2.15. The van der Waals surface area contributed by atoms with E-state index in [9.17, 15) is 4.79 Å². The first-order valence-electron chi connectivity index (χ1n) is 5.60. The summed E-state index contributed by atoms with van der Waals surface area (Å²) in [6.07, 6.45) is 0. The van der Waals surface area contributed by atoms with E-state index in [0.29, 0.717) is 12.5 Å². The molecule has 0 aromatic carbocycles. The van der Waals surface area contributed by atoms with Crippen molar-refractivity contribution < 1.29 is 9.21 Å².